The predicted molar refractivity (Wildman–Crippen MR) is 67.2 cm³/mol. The molecule has 0 unspecified atom stereocenters. The van der Waals surface area contributed by atoms with Gasteiger partial charge in [0.2, 0.25) is 0 Å². The highest BCUT2D eigenvalue weighted by atomic mass is 35.5. The SMILES string of the molecule is C=C(C)CN(CC)Cc1ccc(Cl)cc1. The van der Waals surface area contributed by atoms with Crippen molar-refractivity contribution >= 4 is 11.6 Å². The first-order valence-electron chi connectivity index (χ1n) is 5.23. The van der Waals surface area contributed by atoms with E-state index in [4.69, 9.17) is 11.6 Å². The van der Waals surface area contributed by atoms with Crippen LogP contribution in [0.2, 0.25) is 5.02 Å². The molecule has 15 heavy (non-hydrogen) atoms. The minimum atomic E-state index is 0.793. The van der Waals surface area contributed by atoms with Gasteiger partial charge in [-0.25, -0.2) is 0 Å². The summed E-state index contributed by atoms with van der Waals surface area (Å²) in [6.07, 6.45) is 0. The summed E-state index contributed by atoms with van der Waals surface area (Å²) in [4.78, 5) is 2.35. The van der Waals surface area contributed by atoms with E-state index in [-0.39, 0.29) is 0 Å². The highest BCUT2D eigenvalue weighted by molar-refractivity contribution is 6.30. The molecule has 0 N–H and O–H groups in total. The van der Waals surface area contributed by atoms with Gasteiger partial charge in [0.25, 0.3) is 0 Å². The van der Waals surface area contributed by atoms with Gasteiger partial charge < -0.3 is 0 Å². The molecule has 0 bridgehead atoms. The van der Waals surface area contributed by atoms with Gasteiger partial charge in [-0.15, -0.1) is 0 Å². The lowest BCUT2D eigenvalue weighted by atomic mass is 10.2. The lowest BCUT2D eigenvalue weighted by Crippen LogP contribution is -2.24. The van der Waals surface area contributed by atoms with Crippen LogP contribution in [0.25, 0.3) is 0 Å². The average molecular weight is 224 g/mol. The molecule has 0 fully saturated rings. The van der Waals surface area contributed by atoms with Crippen LogP contribution in [0, 0.1) is 0 Å². The van der Waals surface area contributed by atoms with Gasteiger partial charge in [0.05, 0.1) is 0 Å². The molecule has 0 aliphatic heterocycles. The number of rotatable bonds is 5. The molecule has 0 spiro atoms. The minimum absolute atomic E-state index is 0.793. The number of hydrogen-bond donors (Lipinski definition) is 0. The first kappa shape index (κ1) is 12.3. The van der Waals surface area contributed by atoms with Crippen molar-refractivity contribution in [3.8, 4) is 0 Å². The number of likely N-dealkylation sites (N-methyl/N-ethyl adjacent to an activating group) is 1. The molecule has 0 atom stereocenters. The van der Waals surface area contributed by atoms with Crippen molar-refractivity contribution in [2.45, 2.75) is 20.4 Å². The summed E-state index contributed by atoms with van der Waals surface area (Å²) in [6.45, 7) is 11.1. The minimum Gasteiger partial charge on any atom is -0.295 e. The first-order valence-corrected chi connectivity index (χ1v) is 5.60. The fourth-order valence-corrected chi connectivity index (χ4v) is 1.64. The standard InChI is InChI=1S/C13H18ClN/c1-4-15(9-11(2)3)10-12-5-7-13(14)8-6-12/h5-8H,2,4,9-10H2,1,3H3. The second-order valence-electron chi connectivity index (χ2n) is 3.89. The van der Waals surface area contributed by atoms with Crippen LogP contribution >= 0.6 is 11.6 Å². The highest BCUT2D eigenvalue weighted by Crippen LogP contribution is 2.11. The molecule has 0 amide bonds. The van der Waals surface area contributed by atoms with Crippen LogP contribution in [0.1, 0.15) is 19.4 Å². The molecular weight excluding hydrogens is 206 g/mol. The van der Waals surface area contributed by atoms with E-state index in [1.165, 1.54) is 11.1 Å². The zero-order chi connectivity index (χ0) is 11.3. The summed E-state index contributed by atoms with van der Waals surface area (Å²) in [5.74, 6) is 0. The van der Waals surface area contributed by atoms with Crippen LogP contribution in [0.15, 0.2) is 36.4 Å². The Morgan fingerprint density at radius 2 is 1.93 bits per heavy atom. The smallest absolute Gasteiger partial charge is 0.0406 e. The summed E-state index contributed by atoms with van der Waals surface area (Å²) in [5.41, 5.74) is 2.49. The monoisotopic (exact) mass is 223 g/mol. The second-order valence-corrected chi connectivity index (χ2v) is 4.32. The molecule has 0 aromatic heterocycles. The van der Waals surface area contributed by atoms with E-state index < -0.39 is 0 Å². The van der Waals surface area contributed by atoms with Crippen LogP contribution < -0.4 is 0 Å². The van der Waals surface area contributed by atoms with Crippen molar-refractivity contribution in [1.29, 1.82) is 0 Å². The third-order valence-electron chi connectivity index (χ3n) is 2.26. The normalized spacial score (nSPS) is 10.7. The van der Waals surface area contributed by atoms with Gasteiger partial charge in [0.1, 0.15) is 0 Å². The van der Waals surface area contributed by atoms with Gasteiger partial charge in [0, 0.05) is 18.1 Å². The number of halogens is 1. The number of benzene rings is 1. The quantitative estimate of drug-likeness (QED) is 0.688. The molecule has 1 nitrogen and oxygen atoms in total. The third-order valence-corrected chi connectivity index (χ3v) is 2.51. The van der Waals surface area contributed by atoms with Crippen LogP contribution in [0.4, 0.5) is 0 Å². The summed E-state index contributed by atoms with van der Waals surface area (Å²) < 4.78 is 0. The molecule has 1 aromatic carbocycles. The van der Waals surface area contributed by atoms with E-state index in [0.717, 1.165) is 24.7 Å². The molecule has 0 aliphatic rings. The van der Waals surface area contributed by atoms with E-state index in [1.807, 2.05) is 12.1 Å². The number of nitrogens with zero attached hydrogens (tertiary/aromatic N) is 1. The summed E-state index contributed by atoms with van der Waals surface area (Å²) in [6, 6.07) is 8.02. The lowest BCUT2D eigenvalue weighted by molar-refractivity contribution is 0.304. The Morgan fingerprint density at radius 1 is 1.33 bits per heavy atom. The maximum atomic E-state index is 5.84. The fraction of sp³-hybridized carbons (Fsp3) is 0.385. The first-order chi connectivity index (χ1) is 7.11. The summed E-state index contributed by atoms with van der Waals surface area (Å²) in [5, 5.41) is 0.793. The Bertz CT molecular complexity index is 316. The van der Waals surface area contributed by atoms with Gasteiger partial charge in [-0.05, 0) is 31.2 Å². The fourth-order valence-electron chi connectivity index (χ4n) is 1.51. The maximum absolute atomic E-state index is 5.84. The van der Waals surface area contributed by atoms with Crippen molar-refractivity contribution in [2.24, 2.45) is 0 Å². The van der Waals surface area contributed by atoms with Gasteiger partial charge in [-0.1, -0.05) is 42.8 Å². The molecule has 2 heteroatoms. The van der Waals surface area contributed by atoms with E-state index in [0.29, 0.717) is 0 Å². The Morgan fingerprint density at radius 3 is 2.40 bits per heavy atom. The molecule has 0 saturated carbocycles. The van der Waals surface area contributed by atoms with Crippen LogP contribution in [0.5, 0.6) is 0 Å². The van der Waals surface area contributed by atoms with Crippen molar-refractivity contribution in [3.05, 3.63) is 47.0 Å². The van der Waals surface area contributed by atoms with Crippen LogP contribution in [0.3, 0.4) is 0 Å². The van der Waals surface area contributed by atoms with Crippen LogP contribution in [-0.2, 0) is 6.54 Å². The largest absolute Gasteiger partial charge is 0.295 e. The van der Waals surface area contributed by atoms with Gasteiger partial charge in [0.15, 0.2) is 0 Å². The Kier molecular flexibility index (Phi) is 4.86. The Balaban J connectivity index is 2.58. The zero-order valence-electron chi connectivity index (χ0n) is 9.46. The van der Waals surface area contributed by atoms with Gasteiger partial charge in [-0.2, -0.15) is 0 Å². The molecule has 1 aromatic rings. The van der Waals surface area contributed by atoms with E-state index in [9.17, 15) is 0 Å². The van der Waals surface area contributed by atoms with E-state index in [2.05, 4.69) is 37.5 Å². The Labute approximate surface area is 97.4 Å². The molecular formula is C13H18ClN. The lowest BCUT2D eigenvalue weighted by Gasteiger charge is -2.20. The Hall–Kier alpha value is -0.790. The topological polar surface area (TPSA) is 3.24 Å². The van der Waals surface area contributed by atoms with Crippen LogP contribution in [-0.4, -0.2) is 18.0 Å². The van der Waals surface area contributed by atoms with Crippen molar-refractivity contribution in [1.82, 2.24) is 4.90 Å². The zero-order valence-corrected chi connectivity index (χ0v) is 10.2. The van der Waals surface area contributed by atoms with Crippen molar-refractivity contribution in [2.75, 3.05) is 13.1 Å². The van der Waals surface area contributed by atoms with Crippen molar-refractivity contribution < 1.29 is 0 Å². The predicted octanol–water partition coefficient (Wildman–Crippen LogP) is 3.74. The maximum Gasteiger partial charge on any atom is 0.0406 e. The van der Waals surface area contributed by atoms with Crippen molar-refractivity contribution in [3.63, 3.8) is 0 Å². The van der Waals surface area contributed by atoms with E-state index in [1.54, 1.807) is 0 Å². The van der Waals surface area contributed by atoms with E-state index >= 15 is 0 Å². The molecule has 0 heterocycles. The molecule has 1 rings (SSSR count). The third kappa shape index (κ3) is 4.50. The second kappa shape index (κ2) is 5.94. The molecule has 0 aliphatic carbocycles. The van der Waals surface area contributed by atoms with Gasteiger partial charge >= 0.3 is 0 Å². The highest BCUT2D eigenvalue weighted by Gasteiger charge is 2.03. The molecule has 0 saturated heterocycles. The van der Waals surface area contributed by atoms with Gasteiger partial charge in [-0.3, -0.25) is 4.90 Å². The average Bonchev–Trinajstić information content (AvgIpc) is 2.19. The molecule has 82 valence electrons. The molecule has 0 radical (unpaired) electrons. The summed E-state index contributed by atoms with van der Waals surface area (Å²) in [7, 11) is 0. The summed E-state index contributed by atoms with van der Waals surface area (Å²) >= 11 is 5.84. The number of hydrogen-bond acceptors (Lipinski definition) is 1.